The third-order valence-corrected chi connectivity index (χ3v) is 6.02. The van der Waals surface area contributed by atoms with Crippen molar-refractivity contribution in [2.75, 3.05) is 13.7 Å². The van der Waals surface area contributed by atoms with Gasteiger partial charge in [-0.1, -0.05) is 70.7 Å². The zero-order valence-corrected chi connectivity index (χ0v) is 20.0. The highest BCUT2D eigenvalue weighted by Gasteiger charge is 2.28. The van der Waals surface area contributed by atoms with Crippen molar-refractivity contribution in [3.05, 3.63) is 35.9 Å². The number of alkyl carbamates (subject to hydrolysis) is 1. The lowest BCUT2D eigenvalue weighted by molar-refractivity contribution is -0.144. The average molecular weight is 423 g/mol. The molecule has 0 unspecified atom stereocenters. The lowest BCUT2D eigenvalue weighted by Crippen LogP contribution is -2.50. The van der Waals surface area contributed by atoms with E-state index >= 15 is 0 Å². The zero-order valence-electron chi connectivity index (χ0n) is 19.0. The number of nitrogens with one attached hydrogen (secondary N) is 2. The molecule has 1 amide bonds. The monoisotopic (exact) mass is 422 g/mol. The summed E-state index contributed by atoms with van der Waals surface area (Å²) in [6.07, 6.45) is 0.210. The molecule has 1 aromatic carbocycles. The van der Waals surface area contributed by atoms with Crippen LogP contribution in [0, 0.1) is 5.41 Å². The number of benzene rings is 1. The van der Waals surface area contributed by atoms with Gasteiger partial charge in [0.1, 0.15) is 12.6 Å². The van der Waals surface area contributed by atoms with Crippen LogP contribution in [0.2, 0.25) is 25.7 Å². The van der Waals surface area contributed by atoms with E-state index in [1.54, 1.807) is 0 Å². The molecule has 2 atom stereocenters. The molecule has 0 aliphatic rings. The summed E-state index contributed by atoms with van der Waals surface area (Å²) in [7, 11) is -0.0536. The lowest BCUT2D eigenvalue weighted by atomic mass is 9.88. The van der Waals surface area contributed by atoms with Crippen molar-refractivity contribution in [3.8, 4) is 0 Å². The van der Waals surface area contributed by atoms with E-state index in [1.807, 2.05) is 30.3 Å². The molecule has 0 fully saturated rings. The number of hydrogen-bond acceptors (Lipinski definition) is 5. The molecule has 0 spiro atoms. The second-order valence-corrected chi connectivity index (χ2v) is 15.4. The summed E-state index contributed by atoms with van der Waals surface area (Å²) >= 11 is 0. The van der Waals surface area contributed by atoms with Crippen LogP contribution in [0.1, 0.15) is 32.8 Å². The topological polar surface area (TPSA) is 76.7 Å². The number of methoxy groups -OCH3 is 1. The zero-order chi connectivity index (χ0) is 22.1. The molecule has 1 aromatic rings. The number of esters is 1. The van der Waals surface area contributed by atoms with E-state index in [0.717, 1.165) is 11.6 Å². The number of carbonyl (C=O) groups is 2. The Bertz CT molecular complexity index is 638. The SMILES string of the molecule is COC(=O)[C@H](CC(C)(C)C)NC[C@H](C[Si](C)(C)C)NC(=O)OCc1ccccc1. The molecular weight excluding hydrogens is 384 g/mol. The van der Waals surface area contributed by atoms with Gasteiger partial charge in [-0.15, -0.1) is 0 Å². The van der Waals surface area contributed by atoms with E-state index in [0.29, 0.717) is 13.0 Å². The predicted octanol–water partition coefficient (Wildman–Crippen LogP) is 4.19. The minimum Gasteiger partial charge on any atom is -0.468 e. The summed E-state index contributed by atoms with van der Waals surface area (Å²) in [4.78, 5) is 24.5. The number of amides is 1. The van der Waals surface area contributed by atoms with Gasteiger partial charge in [-0.25, -0.2) is 4.79 Å². The number of carbonyl (C=O) groups excluding carboxylic acids is 2. The summed E-state index contributed by atoms with van der Waals surface area (Å²) in [5.41, 5.74) is 0.917. The van der Waals surface area contributed by atoms with Gasteiger partial charge in [0.15, 0.2) is 0 Å². The fraction of sp³-hybridized carbons (Fsp3) is 0.636. The Morgan fingerprint density at radius 2 is 1.72 bits per heavy atom. The first-order valence-electron chi connectivity index (χ1n) is 10.2. The van der Waals surface area contributed by atoms with E-state index in [-0.39, 0.29) is 24.0 Å². The molecule has 0 aliphatic carbocycles. The maximum absolute atomic E-state index is 12.3. The molecule has 0 aliphatic heterocycles. The molecule has 0 bridgehead atoms. The molecule has 0 radical (unpaired) electrons. The summed E-state index contributed by atoms with van der Waals surface area (Å²) in [6.45, 7) is 13.7. The van der Waals surface area contributed by atoms with Gasteiger partial charge in [0.05, 0.1) is 7.11 Å². The Kier molecular flexibility index (Phi) is 9.86. The van der Waals surface area contributed by atoms with Crippen LogP contribution < -0.4 is 10.6 Å². The molecule has 0 saturated heterocycles. The van der Waals surface area contributed by atoms with Crippen LogP contribution in [-0.4, -0.2) is 45.9 Å². The second-order valence-electron chi connectivity index (χ2n) is 9.92. The second kappa shape index (κ2) is 11.4. The lowest BCUT2D eigenvalue weighted by Gasteiger charge is -2.29. The van der Waals surface area contributed by atoms with Crippen molar-refractivity contribution in [2.24, 2.45) is 5.41 Å². The molecule has 29 heavy (non-hydrogen) atoms. The van der Waals surface area contributed by atoms with Gasteiger partial charge in [0, 0.05) is 20.7 Å². The molecular formula is C22H38N2O4Si. The number of rotatable bonds is 10. The van der Waals surface area contributed by atoms with Crippen LogP contribution in [-0.2, 0) is 20.9 Å². The van der Waals surface area contributed by atoms with Gasteiger partial charge in [0.25, 0.3) is 0 Å². The summed E-state index contributed by atoms with van der Waals surface area (Å²) in [6, 6.07) is 9.94. The van der Waals surface area contributed by atoms with Crippen molar-refractivity contribution in [1.29, 1.82) is 0 Å². The Hall–Kier alpha value is -1.86. The summed E-state index contributed by atoms with van der Waals surface area (Å²) < 4.78 is 10.3. The van der Waals surface area contributed by atoms with Crippen molar-refractivity contribution in [1.82, 2.24) is 10.6 Å². The maximum atomic E-state index is 12.3. The fourth-order valence-corrected chi connectivity index (χ4v) is 4.85. The highest BCUT2D eigenvalue weighted by molar-refractivity contribution is 6.76. The van der Waals surface area contributed by atoms with E-state index in [2.05, 4.69) is 51.0 Å². The van der Waals surface area contributed by atoms with Crippen LogP contribution in [0.5, 0.6) is 0 Å². The smallest absolute Gasteiger partial charge is 0.407 e. The quantitative estimate of drug-likeness (QED) is 0.437. The Morgan fingerprint density at radius 1 is 1.10 bits per heavy atom. The van der Waals surface area contributed by atoms with Crippen LogP contribution in [0.3, 0.4) is 0 Å². The first-order valence-corrected chi connectivity index (χ1v) is 13.9. The van der Waals surface area contributed by atoms with Crippen LogP contribution in [0.25, 0.3) is 0 Å². The first-order chi connectivity index (χ1) is 13.4. The van der Waals surface area contributed by atoms with Gasteiger partial charge < -0.3 is 20.1 Å². The molecule has 7 heteroatoms. The largest absolute Gasteiger partial charge is 0.468 e. The summed E-state index contributed by atoms with van der Waals surface area (Å²) in [5, 5.41) is 6.28. The van der Waals surface area contributed by atoms with Crippen molar-refractivity contribution < 1.29 is 19.1 Å². The van der Waals surface area contributed by atoms with E-state index < -0.39 is 20.2 Å². The average Bonchev–Trinajstić information content (AvgIpc) is 2.61. The number of hydrogen-bond donors (Lipinski definition) is 2. The van der Waals surface area contributed by atoms with Crippen LogP contribution >= 0.6 is 0 Å². The molecule has 0 aromatic heterocycles. The van der Waals surface area contributed by atoms with Crippen LogP contribution in [0.15, 0.2) is 30.3 Å². The van der Waals surface area contributed by atoms with Gasteiger partial charge in [-0.05, 0) is 23.4 Å². The van der Waals surface area contributed by atoms with E-state index in [4.69, 9.17) is 9.47 Å². The summed E-state index contributed by atoms with van der Waals surface area (Å²) in [5.74, 6) is -0.279. The molecule has 2 N–H and O–H groups in total. The molecule has 6 nitrogen and oxygen atoms in total. The minimum absolute atomic E-state index is 0.0256. The van der Waals surface area contributed by atoms with Gasteiger partial charge in [0.2, 0.25) is 0 Å². The van der Waals surface area contributed by atoms with Crippen molar-refractivity contribution in [2.45, 2.75) is 71.6 Å². The van der Waals surface area contributed by atoms with Gasteiger partial charge in [-0.2, -0.15) is 0 Å². The standard InChI is InChI=1S/C22H38N2O4Si/c1-22(2,3)13-19(20(25)27-4)23-14-18(16-29(5,6)7)24-21(26)28-15-17-11-9-8-10-12-17/h8-12,18-19,23H,13-16H2,1-7H3,(H,24,26)/t18-,19+/m1/s1. The Balaban J connectivity index is 2.70. The van der Waals surface area contributed by atoms with Gasteiger partial charge in [-0.3, -0.25) is 4.79 Å². The van der Waals surface area contributed by atoms with Gasteiger partial charge >= 0.3 is 12.1 Å². The predicted molar refractivity (Wildman–Crippen MR) is 120 cm³/mol. The normalized spacial score (nSPS) is 14.0. The highest BCUT2D eigenvalue weighted by atomic mass is 28.3. The van der Waals surface area contributed by atoms with Crippen molar-refractivity contribution in [3.63, 3.8) is 0 Å². The Labute approximate surface area is 176 Å². The maximum Gasteiger partial charge on any atom is 0.407 e. The Morgan fingerprint density at radius 3 is 2.24 bits per heavy atom. The van der Waals surface area contributed by atoms with E-state index in [9.17, 15) is 9.59 Å². The molecule has 164 valence electrons. The third-order valence-electron chi connectivity index (χ3n) is 4.31. The first kappa shape index (κ1) is 25.2. The highest BCUT2D eigenvalue weighted by Crippen LogP contribution is 2.21. The molecule has 0 heterocycles. The van der Waals surface area contributed by atoms with Crippen LogP contribution in [0.4, 0.5) is 4.79 Å². The molecule has 1 rings (SSSR count). The minimum atomic E-state index is -1.45. The van der Waals surface area contributed by atoms with E-state index in [1.165, 1.54) is 7.11 Å². The molecule has 0 saturated carbocycles. The fourth-order valence-electron chi connectivity index (χ4n) is 3.12. The number of ether oxygens (including phenoxy) is 2. The van der Waals surface area contributed by atoms with Crippen molar-refractivity contribution >= 4 is 20.1 Å². The third kappa shape index (κ3) is 11.7.